The molecule has 1 heterocycles. The Labute approximate surface area is 141 Å². The lowest BCUT2D eigenvalue weighted by molar-refractivity contribution is -0.142. The summed E-state index contributed by atoms with van der Waals surface area (Å²) in [6.07, 6.45) is -3.61. The third-order valence-electron chi connectivity index (χ3n) is 3.94. The molecule has 1 saturated carbocycles. The van der Waals surface area contributed by atoms with E-state index in [0.717, 1.165) is 17.2 Å². The first-order valence-electron chi connectivity index (χ1n) is 7.69. The minimum Gasteiger partial charge on any atom is -0.308 e. The number of halogens is 4. The van der Waals surface area contributed by atoms with Gasteiger partial charge >= 0.3 is 12.2 Å². The number of carbonyl (C=O) groups excluding carboxylic acids is 1. The van der Waals surface area contributed by atoms with Gasteiger partial charge in [-0.15, -0.1) is 0 Å². The van der Waals surface area contributed by atoms with Gasteiger partial charge in [-0.05, 0) is 30.5 Å². The number of hydrogen-bond donors (Lipinski definition) is 2. The average molecular weight is 356 g/mol. The number of anilines is 2. The Morgan fingerprint density at radius 3 is 2.64 bits per heavy atom. The van der Waals surface area contributed by atoms with Gasteiger partial charge in [-0.1, -0.05) is 13.0 Å². The smallest absolute Gasteiger partial charge is 0.308 e. The molecule has 1 aliphatic carbocycles. The quantitative estimate of drug-likeness (QED) is 0.800. The maximum atomic E-state index is 13.1. The number of amides is 2. The van der Waals surface area contributed by atoms with Crippen LogP contribution in [0.1, 0.15) is 25.0 Å². The van der Waals surface area contributed by atoms with Crippen LogP contribution < -0.4 is 10.6 Å². The van der Waals surface area contributed by atoms with Gasteiger partial charge in [-0.2, -0.15) is 18.3 Å². The lowest BCUT2D eigenvalue weighted by atomic mass is 10.2. The third-order valence-corrected chi connectivity index (χ3v) is 3.94. The van der Waals surface area contributed by atoms with Gasteiger partial charge in [0.05, 0.1) is 5.69 Å². The van der Waals surface area contributed by atoms with Gasteiger partial charge in [0.15, 0.2) is 0 Å². The highest BCUT2D eigenvalue weighted by molar-refractivity contribution is 5.99. The highest BCUT2D eigenvalue weighted by atomic mass is 19.4. The monoisotopic (exact) mass is 356 g/mol. The Kier molecular flexibility index (Phi) is 4.40. The zero-order valence-corrected chi connectivity index (χ0v) is 13.3. The van der Waals surface area contributed by atoms with Crippen LogP contribution in [0.2, 0.25) is 0 Å². The summed E-state index contributed by atoms with van der Waals surface area (Å²) in [5.74, 6) is -0.116. The highest BCUT2D eigenvalue weighted by Gasteiger charge is 2.38. The van der Waals surface area contributed by atoms with Crippen LogP contribution in [0.4, 0.5) is 33.9 Å². The molecule has 0 radical (unpaired) electrons. The predicted octanol–water partition coefficient (Wildman–Crippen LogP) is 4.35. The Bertz CT molecular complexity index is 787. The lowest BCUT2D eigenvalue weighted by Crippen LogP contribution is -2.25. The molecular formula is C16H16F4N4O. The van der Waals surface area contributed by atoms with Gasteiger partial charge in [0, 0.05) is 17.7 Å². The summed E-state index contributed by atoms with van der Waals surface area (Å²) in [6.45, 7) is 0.681. The van der Waals surface area contributed by atoms with Gasteiger partial charge in [0.25, 0.3) is 0 Å². The van der Waals surface area contributed by atoms with Crippen LogP contribution in [0.25, 0.3) is 0 Å². The Morgan fingerprint density at radius 1 is 1.32 bits per heavy atom. The van der Waals surface area contributed by atoms with E-state index >= 15 is 0 Å². The number of carbonyl (C=O) groups is 1. The summed E-state index contributed by atoms with van der Waals surface area (Å²) in [5, 5.41) is 8.70. The van der Waals surface area contributed by atoms with Gasteiger partial charge in [0.2, 0.25) is 0 Å². The van der Waals surface area contributed by atoms with Gasteiger partial charge in [-0.25, -0.2) is 13.9 Å². The van der Waals surface area contributed by atoms with Gasteiger partial charge in [-0.3, -0.25) is 5.32 Å². The summed E-state index contributed by atoms with van der Waals surface area (Å²) in [4.78, 5) is 12.0. The SMILES string of the molecule is CC1CC1c1cc(NC(=O)Nc2cccc(F)c2)n(CC(F)(F)F)n1. The molecule has 0 aliphatic heterocycles. The van der Waals surface area contributed by atoms with Crippen LogP contribution in [-0.2, 0) is 6.54 Å². The molecule has 3 rings (SSSR count). The number of hydrogen-bond acceptors (Lipinski definition) is 2. The molecule has 1 aromatic heterocycles. The Hall–Kier alpha value is -2.58. The molecule has 1 fully saturated rings. The number of urea groups is 1. The summed E-state index contributed by atoms with van der Waals surface area (Å²) in [6, 6.07) is 5.86. The van der Waals surface area contributed by atoms with Crippen LogP contribution in [0, 0.1) is 11.7 Å². The molecule has 2 N–H and O–H groups in total. The van der Waals surface area contributed by atoms with E-state index < -0.39 is 24.6 Å². The summed E-state index contributed by atoms with van der Waals surface area (Å²) in [5.41, 5.74) is 0.716. The molecule has 2 atom stereocenters. The summed E-state index contributed by atoms with van der Waals surface area (Å²) < 4.78 is 52.0. The highest BCUT2D eigenvalue weighted by Crippen LogP contribution is 2.46. The Morgan fingerprint density at radius 2 is 2.04 bits per heavy atom. The van der Waals surface area contributed by atoms with Crippen LogP contribution in [0.3, 0.4) is 0 Å². The van der Waals surface area contributed by atoms with E-state index in [4.69, 9.17) is 0 Å². The van der Waals surface area contributed by atoms with Crippen LogP contribution in [-0.4, -0.2) is 22.0 Å². The minimum atomic E-state index is -4.46. The van der Waals surface area contributed by atoms with Crippen molar-refractivity contribution in [3.8, 4) is 0 Å². The zero-order valence-electron chi connectivity index (χ0n) is 13.3. The molecule has 134 valence electrons. The fourth-order valence-electron chi connectivity index (χ4n) is 2.59. The van der Waals surface area contributed by atoms with Crippen molar-refractivity contribution in [3.63, 3.8) is 0 Å². The number of nitrogens with one attached hydrogen (secondary N) is 2. The van der Waals surface area contributed by atoms with E-state index in [1.54, 1.807) is 0 Å². The second-order valence-corrected chi connectivity index (χ2v) is 6.14. The van der Waals surface area contributed by atoms with Crippen molar-refractivity contribution in [1.29, 1.82) is 0 Å². The summed E-state index contributed by atoms with van der Waals surface area (Å²) in [7, 11) is 0. The normalized spacial score (nSPS) is 19.6. The number of alkyl halides is 3. The molecule has 2 aromatic rings. The van der Waals surface area contributed by atoms with Crippen molar-refractivity contribution in [1.82, 2.24) is 9.78 Å². The predicted molar refractivity (Wildman–Crippen MR) is 83.8 cm³/mol. The van der Waals surface area contributed by atoms with E-state index in [2.05, 4.69) is 15.7 Å². The number of rotatable bonds is 4. The number of benzene rings is 1. The van der Waals surface area contributed by atoms with Crippen LogP contribution >= 0.6 is 0 Å². The molecule has 0 spiro atoms. The van der Waals surface area contributed by atoms with Gasteiger partial charge in [0.1, 0.15) is 18.2 Å². The molecule has 2 unspecified atom stereocenters. The van der Waals surface area contributed by atoms with Crippen molar-refractivity contribution in [2.24, 2.45) is 5.92 Å². The van der Waals surface area contributed by atoms with Gasteiger partial charge < -0.3 is 5.32 Å². The zero-order chi connectivity index (χ0) is 18.2. The van der Waals surface area contributed by atoms with E-state index in [-0.39, 0.29) is 17.4 Å². The molecule has 9 heteroatoms. The molecular weight excluding hydrogens is 340 g/mol. The average Bonchev–Trinajstić information content (AvgIpc) is 3.09. The summed E-state index contributed by atoms with van der Waals surface area (Å²) >= 11 is 0. The molecule has 1 aromatic carbocycles. The first-order valence-corrected chi connectivity index (χ1v) is 7.69. The fourth-order valence-corrected chi connectivity index (χ4v) is 2.59. The topological polar surface area (TPSA) is 59.0 Å². The Balaban J connectivity index is 1.75. The maximum Gasteiger partial charge on any atom is 0.408 e. The van der Waals surface area contributed by atoms with Crippen molar-refractivity contribution < 1.29 is 22.4 Å². The fraction of sp³-hybridized carbons (Fsp3) is 0.375. The molecule has 0 saturated heterocycles. The minimum absolute atomic E-state index is 0.0553. The van der Waals surface area contributed by atoms with Crippen LogP contribution in [0.5, 0.6) is 0 Å². The molecule has 1 aliphatic rings. The second kappa shape index (κ2) is 6.38. The molecule has 0 bridgehead atoms. The molecule has 2 amide bonds. The maximum absolute atomic E-state index is 13.1. The largest absolute Gasteiger partial charge is 0.408 e. The van der Waals surface area contributed by atoms with E-state index in [9.17, 15) is 22.4 Å². The van der Waals surface area contributed by atoms with Crippen molar-refractivity contribution in [2.75, 3.05) is 10.6 Å². The van der Waals surface area contributed by atoms with E-state index in [0.29, 0.717) is 11.6 Å². The number of nitrogens with zero attached hydrogens (tertiary/aromatic N) is 2. The van der Waals surface area contributed by atoms with E-state index in [1.165, 1.54) is 24.3 Å². The third kappa shape index (κ3) is 4.49. The standard InChI is InChI=1S/C16H16F4N4O/c1-9-5-12(9)13-7-14(24(23-13)8-16(18,19)20)22-15(25)21-11-4-2-3-10(17)6-11/h2-4,6-7,9,12H,5,8H2,1H3,(H2,21,22,25). The van der Waals surface area contributed by atoms with Crippen LogP contribution in [0.15, 0.2) is 30.3 Å². The van der Waals surface area contributed by atoms with Crippen molar-refractivity contribution in [3.05, 3.63) is 41.8 Å². The van der Waals surface area contributed by atoms with Crippen molar-refractivity contribution in [2.45, 2.75) is 32.0 Å². The number of aromatic nitrogens is 2. The first kappa shape index (κ1) is 17.2. The lowest BCUT2D eigenvalue weighted by Gasteiger charge is -2.11. The first-order chi connectivity index (χ1) is 11.7. The molecule has 5 nitrogen and oxygen atoms in total. The van der Waals surface area contributed by atoms with Crippen molar-refractivity contribution >= 4 is 17.5 Å². The molecule has 25 heavy (non-hydrogen) atoms. The van der Waals surface area contributed by atoms with E-state index in [1.807, 2.05) is 6.92 Å². The second-order valence-electron chi connectivity index (χ2n) is 6.14.